The summed E-state index contributed by atoms with van der Waals surface area (Å²) in [6, 6.07) is 8.57. The Kier molecular flexibility index (Phi) is 4.69. The molecule has 2 rings (SSSR count). The lowest BCUT2D eigenvalue weighted by molar-refractivity contribution is 0.476. The predicted octanol–water partition coefficient (Wildman–Crippen LogP) is 5.62. The predicted molar refractivity (Wildman–Crippen MR) is 81.9 cm³/mol. The number of benzene rings is 2. The minimum Gasteiger partial charge on any atom is -0.505 e. The highest BCUT2D eigenvalue weighted by Gasteiger charge is 2.06. The fraction of sp³-hybridized carbons (Fsp3) is 0.0769. The van der Waals surface area contributed by atoms with Crippen LogP contribution < -0.4 is 5.32 Å². The van der Waals surface area contributed by atoms with Crippen molar-refractivity contribution in [1.29, 1.82) is 0 Å². The van der Waals surface area contributed by atoms with Gasteiger partial charge in [-0.3, -0.25) is 0 Å². The Morgan fingerprint density at radius 2 is 1.47 bits per heavy atom. The number of aromatic hydroxyl groups is 1. The van der Waals surface area contributed by atoms with Crippen LogP contribution in [0.4, 0.5) is 5.69 Å². The maximum absolute atomic E-state index is 9.46. The molecular formula is C13H9Cl4NO. The Morgan fingerprint density at radius 1 is 0.842 bits per heavy atom. The van der Waals surface area contributed by atoms with E-state index in [1.165, 1.54) is 0 Å². The summed E-state index contributed by atoms with van der Waals surface area (Å²) in [5, 5.41) is 14.0. The van der Waals surface area contributed by atoms with E-state index < -0.39 is 0 Å². The van der Waals surface area contributed by atoms with Gasteiger partial charge in [0, 0.05) is 12.2 Å². The average Bonchev–Trinajstić information content (AvgIpc) is 2.37. The molecule has 0 aliphatic rings. The average molecular weight is 337 g/mol. The maximum Gasteiger partial charge on any atom is 0.152 e. The van der Waals surface area contributed by atoms with Crippen molar-refractivity contribution in [2.75, 3.05) is 5.32 Å². The van der Waals surface area contributed by atoms with E-state index in [4.69, 9.17) is 46.4 Å². The van der Waals surface area contributed by atoms with Gasteiger partial charge in [-0.1, -0.05) is 52.5 Å². The molecule has 0 saturated carbocycles. The first-order valence-electron chi connectivity index (χ1n) is 5.33. The van der Waals surface area contributed by atoms with Crippen molar-refractivity contribution in [1.82, 2.24) is 0 Å². The van der Waals surface area contributed by atoms with Crippen LogP contribution in [0.2, 0.25) is 20.1 Å². The second-order valence-corrected chi connectivity index (χ2v) is 5.52. The van der Waals surface area contributed by atoms with Crippen LogP contribution in [0.1, 0.15) is 5.56 Å². The molecule has 0 aliphatic heterocycles. The van der Waals surface area contributed by atoms with E-state index in [1.54, 1.807) is 24.3 Å². The molecule has 2 N–H and O–H groups in total. The smallest absolute Gasteiger partial charge is 0.152 e. The summed E-state index contributed by atoms with van der Waals surface area (Å²) in [6.07, 6.45) is 0. The SMILES string of the molecule is Oc1c(Cl)cc(NCc2ccc(Cl)c(Cl)c2)cc1Cl. The third kappa shape index (κ3) is 3.61. The molecule has 0 atom stereocenters. The summed E-state index contributed by atoms with van der Waals surface area (Å²) in [4.78, 5) is 0. The van der Waals surface area contributed by atoms with Crippen LogP contribution in [0.15, 0.2) is 30.3 Å². The molecule has 2 aromatic rings. The minimum atomic E-state index is -0.122. The van der Waals surface area contributed by atoms with E-state index in [0.29, 0.717) is 22.3 Å². The third-order valence-electron chi connectivity index (χ3n) is 2.50. The topological polar surface area (TPSA) is 32.3 Å². The zero-order chi connectivity index (χ0) is 14.0. The van der Waals surface area contributed by atoms with Gasteiger partial charge >= 0.3 is 0 Å². The second kappa shape index (κ2) is 6.10. The van der Waals surface area contributed by atoms with Gasteiger partial charge in [-0.05, 0) is 29.8 Å². The van der Waals surface area contributed by atoms with Crippen LogP contribution in [0, 0.1) is 0 Å². The van der Waals surface area contributed by atoms with E-state index in [9.17, 15) is 5.11 Å². The highest BCUT2D eigenvalue weighted by Crippen LogP contribution is 2.34. The third-order valence-corrected chi connectivity index (χ3v) is 3.81. The molecule has 0 radical (unpaired) electrons. The van der Waals surface area contributed by atoms with Gasteiger partial charge in [0.2, 0.25) is 0 Å². The van der Waals surface area contributed by atoms with E-state index in [0.717, 1.165) is 5.56 Å². The maximum atomic E-state index is 9.46. The first kappa shape index (κ1) is 14.6. The Labute approximate surface area is 130 Å². The Hall–Kier alpha value is -0.800. The number of halogens is 4. The fourth-order valence-corrected chi connectivity index (χ4v) is 2.33. The van der Waals surface area contributed by atoms with Gasteiger partial charge in [0.05, 0.1) is 20.1 Å². The van der Waals surface area contributed by atoms with Gasteiger partial charge in [0.1, 0.15) is 0 Å². The number of hydrogen-bond acceptors (Lipinski definition) is 2. The van der Waals surface area contributed by atoms with Gasteiger partial charge in [0.15, 0.2) is 5.75 Å². The fourth-order valence-electron chi connectivity index (χ4n) is 1.52. The number of rotatable bonds is 3. The van der Waals surface area contributed by atoms with Crippen molar-refractivity contribution >= 4 is 52.1 Å². The Balaban J connectivity index is 2.12. The highest BCUT2D eigenvalue weighted by atomic mass is 35.5. The zero-order valence-corrected chi connectivity index (χ0v) is 12.6. The van der Waals surface area contributed by atoms with Crippen LogP contribution in [-0.4, -0.2) is 5.11 Å². The molecule has 0 spiro atoms. The monoisotopic (exact) mass is 335 g/mol. The number of phenols is 1. The standard InChI is InChI=1S/C13H9Cl4NO/c14-9-2-1-7(3-10(9)15)6-18-8-4-11(16)13(19)12(17)5-8/h1-5,18-19H,6H2. The van der Waals surface area contributed by atoms with E-state index in [-0.39, 0.29) is 15.8 Å². The molecule has 0 heterocycles. The second-order valence-electron chi connectivity index (χ2n) is 3.89. The van der Waals surface area contributed by atoms with Crippen molar-refractivity contribution in [3.05, 3.63) is 56.0 Å². The van der Waals surface area contributed by atoms with Gasteiger partial charge in [-0.25, -0.2) is 0 Å². The molecule has 2 aromatic carbocycles. The minimum absolute atomic E-state index is 0.122. The molecular weight excluding hydrogens is 328 g/mol. The first-order chi connectivity index (χ1) is 8.97. The molecule has 0 saturated heterocycles. The lowest BCUT2D eigenvalue weighted by Crippen LogP contribution is -1.99. The number of anilines is 1. The largest absolute Gasteiger partial charge is 0.505 e. The summed E-state index contributed by atoms with van der Waals surface area (Å²) in [6.45, 7) is 0.536. The van der Waals surface area contributed by atoms with E-state index in [2.05, 4.69) is 5.32 Å². The summed E-state index contributed by atoms with van der Waals surface area (Å²) in [5.41, 5.74) is 1.67. The Bertz CT molecular complexity index is 593. The van der Waals surface area contributed by atoms with Crippen LogP contribution in [0.5, 0.6) is 5.75 Å². The molecule has 0 aliphatic carbocycles. The van der Waals surface area contributed by atoms with Crippen LogP contribution in [0.3, 0.4) is 0 Å². The zero-order valence-electron chi connectivity index (χ0n) is 9.55. The van der Waals surface area contributed by atoms with Crippen molar-refractivity contribution in [3.63, 3.8) is 0 Å². The van der Waals surface area contributed by atoms with E-state index in [1.807, 2.05) is 6.07 Å². The van der Waals surface area contributed by atoms with Gasteiger partial charge in [0.25, 0.3) is 0 Å². The number of phenolic OH excluding ortho intramolecular Hbond substituents is 1. The highest BCUT2D eigenvalue weighted by molar-refractivity contribution is 6.42. The number of nitrogens with one attached hydrogen (secondary N) is 1. The summed E-state index contributed by atoms with van der Waals surface area (Å²) < 4.78 is 0. The molecule has 0 amide bonds. The molecule has 0 aromatic heterocycles. The Morgan fingerprint density at radius 3 is 2.05 bits per heavy atom. The quantitative estimate of drug-likeness (QED) is 0.713. The van der Waals surface area contributed by atoms with Crippen molar-refractivity contribution in [3.8, 4) is 5.75 Å². The van der Waals surface area contributed by atoms with Crippen LogP contribution >= 0.6 is 46.4 Å². The molecule has 19 heavy (non-hydrogen) atoms. The molecule has 0 unspecified atom stereocenters. The van der Waals surface area contributed by atoms with Gasteiger partial charge in [-0.15, -0.1) is 0 Å². The van der Waals surface area contributed by atoms with Crippen molar-refractivity contribution < 1.29 is 5.11 Å². The molecule has 100 valence electrons. The van der Waals surface area contributed by atoms with Crippen LogP contribution in [0.25, 0.3) is 0 Å². The summed E-state index contributed by atoms with van der Waals surface area (Å²) in [7, 11) is 0. The van der Waals surface area contributed by atoms with Gasteiger partial charge < -0.3 is 10.4 Å². The summed E-state index contributed by atoms with van der Waals surface area (Å²) >= 11 is 23.4. The normalized spacial score (nSPS) is 10.5. The van der Waals surface area contributed by atoms with Crippen LogP contribution in [-0.2, 0) is 6.54 Å². The molecule has 0 fully saturated rings. The lowest BCUT2D eigenvalue weighted by atomic mass is 10.2. The molecule has 6 heteroatoms. The molecule has 2 nitrogen and oxygen atoms in total. The summed E-state index contributed by atoms with van der Waals surface area (Å²) in [5.74, 6) is -0.122. The number of hydrogen-bond donors (Lipinski definition) is 2. The lowest BCUT2D eigenvalue weighted by Gasteiger charge is -2.09. The first-order valence-corrected chi connectivity index (χ1v) is 6.84. The van der Waals surface area contributed by atoms with Crippen molar-refractivity contribution in [2.24, 2.45) is 0 Å². The molecule has 0 bridgehead atoms. The van der Waals surface area contributed by atoms with Gasteiger partial charge in [-0.2, -0.15) is 0 Å². The van der Waals surface area contributed by atoms with Crippen molar-refractivity contribution in [2.45, 2.75) is 6.54 Å². The van der Waals surface area contributed by atoms with E-state index >= 15 is 0 Å².